The van der Waals surface area contributed by atoms with E-state index < -0.39 is 27.6 Å². The highest BCUT2D eigenvalue weighted by atomic mass is 32.2. The third-order valence-corrected chi connectivity index (χ3v) is 5.90. The van der Waals surface area contributed by atoms with Gasteiger partial charge < -0.3 is 14.0 Å². The quantitative estimate of drug-likeness (QED) is 0.528. The Morgan fingerprint density at radius 1 is 1.22 bits per heavy atom. The van der Waals surface area contributed by atoms with Crippen LogP contribution in [0.3, 0.4) is 0 Å². The lowest BCUT2D eigenvalue weighted by Crippen LogP contribution is -2.40. The molecule has 3 rings (SSSR count). The lowest BCUT2D eigenvalue weighted by atomic mass is 10.1. The van der Waals surface area contributed by atoms with Crippen molar-refractivity contribution in [3.63, 3.8) is 0 Å². The predicted molar refractivity (Wildman–Crippen MR) is 114 cm³/mol. The largest absolute Gasteiger partial charge is 0.495 e. The molecule has 0 saturated carbocycles. The smallest absolute Gasteiger partial charge is 0.338 e. The van der Waals surface area contributed by atoms with Gasteiger partial charge in [0.05, 0.1) is 12.7 Å². The highest BCUT2D eigenvalue weighted by molar-refractivity contribution is 7.89. The van der Waals surface area contributed by atoms with Crippen LogP contribution in [0.2, 0.25) is 0 Å². The van der Waals surface area contributed by atoms with E-state index in [1.54, 1.807) is 52.2 Å². The third kappa shape index (κ3) is 5.48. The van der Waals surface area contributed by atoms with Crippen LogP contribution in [0.4, 0.5) is 0 Å². The van der Waals surface area contributed by atoms with Crippen LogP contribution in [0.25, 0.3) is 11.4 Å². The van der Waals surface area contributed by atoms with Crippen molar-refractivity contribution in [2.45, 2.75) is 44.2 Å². The summed E-state index contributed by atoms with van der Waals surface area (Å²) in [6.45, 7) is 6.70. The summed E-state index contributed by atoms with van der Waals surface area (Å²) >= 11 is 0. The Bertz CT molecular complexity index is 1200. The molecular weight excluding hydrogens is 436 g/mol. The molecule has 1 atom stereocenters. The number of carbonyl (C=O) groups is 1. The fourth-order valence-electron chi connectivity index (χ4n) is 2.76. The Kier molecular flexibility index (Phi) is 6.60. The summed E-state index contributed by atoms with van der Waals surface area (Å²) in [5.41, 5.74) is -0.0463. The third-order valence-electron chi connectivity index (χ3n) is 4.12. The first-order chi connectivity index (χ1) is 15.0. The second-order valence-corrected chi connectivity index (χ2v) is 9.62. The highest BCUT2D eigenvalue weighted by Gasteiger charge is 2.27. The van der Waals surface area contributed by atoms with Gasteiger partial charge in [0.2, 0.25) is 15.8 Å². The van der Waals surface area contributed by atoms with Crippen LogP contribution in [-0.2, 0) is 14.8 Å². The van der Waals surface area contributed by atoms with E-state index in [1.807, 2.05) is 0 Å². The van der Waals surface area contributed by atoms with Gasteiger partial charge in [-0.3, -0.25) is 4.98 Å². The molecule has 2 aromatic heterocycles. The van der Waals surface area contributed by atoms with E-state index in [4.69, 9.17) is 14.0 Å². The Morgan fingerprint density at radius 3 is 2.59 bits per heavy atom. The second kappa shape index (κ2) is 9.05. The molecule has 0 aliphatic heterocycles. The summed E-state index contributed by atoms with van der Waals surface area (Å²) in [6, 6.07) is 7.52. The molecule has 0 amide bonds. The molecule has 0 aliphatic carbocycles. The molecule has 2 heterocycles. The molecule has 0 fully saturated rings. The van der Waals surface area contributed by atoms with Gasteiger partial charge in [0.25, 0.3) is 5.89 Å². The van der Waals surface area contributed by atoms with Gasteiger partial charge in [-0.15, -0.1) is 0 Å². The number of ether oxygens (including phenoxy) is 2. The maximum absolute atomic E-state index is 12.8. The van der Waals surface area contributed by atoms with Crippen molar-refractivity contribution in [2.75, 3.05) is 7.11 Å². The molecule has 1 N–H and O–H groups in total. The van der Waals surface area contributed by atoms with Crippen molar-refractivity contribution in [1.29, 1.82) is 0 Å². The molecule has 1 aromatic carbocycles. The van der Waals surface area contributed by atoms with E-state index in [9.17, 15) is 13.2 Å². The van der Waals surface area contributed by atoms with Crippen molar-refractivity contribution in [3.8, 4) is 17.1 Å². The lowest BCUT2D eigenvalue weighted by molar-refractivity contribution is 0.0265. The van der Waals surface area contributed by atoms with Gasteiger partial charge in [0.15, 0.2) is 6.10 Å². The molecule has 0 saturated heterocycles. The van der Waals surface area contributed by atoms with Crippen LogP contribution in [-0.4, -0.2) is 42.2 Å². The maximum Gasteiger partial charge on any atom is 0.338 e. The molecule has 3 aromatic rings. The number of sulfonamides is 1. The summed E-state index contributed by atoms with van der Waals surface area (Å²) in [5.74, 6) is -0.257. The molecule has 0 radical (unpaired) electrons. The van der Waals surface area contributed by atoms with E-state index in [0.29, 0.717) is 11.4 Å². The van der Waals surface area contributed by atoms with Crippen molar-refractivity contribution in [3.05, 3.63) is 54.2 Å². The van der Waals surface area contributed by atoms with E-state index >= 15 is 0 Å². The van der Waals surface area contributed by atoms with E-state index in [1.165, 1.54) is 25.3 Å². The Hall–Kier alpha value is -3.31. The van der Waals surface area contributed by atoms with Crippen LogP contribution >= 0.6 is 0 Å². The molecule has 0 bridgehead atoms. The van der Waals surface area contributed by atoms with Gasteiger partial charge in [-0.2, -0.15) is 4.98 Å². The summed E-state index contributed by atoms with van der Waals surface area (Å²) < 4.78 is 43.9. The Balaban J connectivity index is 1.81. The van der Waals surface area contributed by atoms with E-state index in [2.05, 4.69) is 19.8 Å². The molecule has 1 unspecified atom stereocenters. The van der Waals surface area contributed by atoms with E-state index in [0.717, 1.165) is 0 Å². The number of methoxy groups -OCH3 is 1. The van der Waals surface area contributed by atoms with Gasteiger partial charge in [-0.05, 0) is 58.0 Å². The number of carbonyl (C=O) groups excluding carboxylic acids is 1. The average molecular weight is 461 g/mol. The first kappa shape index (κ1) is 23.4. The molecular formula is C21H24N4O6S. The molecule has 10 nitrogen and oxygen atoms in total. The maximum atomic E-state index is 12.8. The zero-order valence-electron chi connectivity index (χ0n) is 18.3. The van der Waals surface area contributed by atoms with Crippen LogP contribution in [0, 0.1) is 0 Å². The zero-order valence-corrected chi connectivity index (χ0v) is 19.1. The van der Waals surface area contributed by atoms with Crippen molar-refractivity contribution in [2.24, 2.45) is 0 Å². The normalized spacial score (nSPS) is 12.9. The summed E-state index contributed by atoms with van der Waals surface area (Å²) in [7, 11) is -2.61. The van der Waals surface area contributed by atoms with Gasteiger partial charge in [-0.25, -0.2) is 17.9 Å². The molecule has 11 heteroatoms. The highest BCUT2D eigenvalue weighted by Crippen LogP contribution is 2.27. The SMILES string of the molecule is COc1ccc(C(=O)OC(C)c2nc(-c3cccnc3)no2)cc1S(=O)(=O)NC(C)(C)C. The minimum Gasteiger partial charge on any atom is -0.495 e. The topological polar surface area (TPSA) is 134 Å². The molecule has 170 valence electrons. The zero-order chi connectivity index (χ0) is 23.5. The number of esters is 1. The van der Waals surface area contributed by atoms with Crippen molar-refractivity contribution >= 4 is 16.0 Å². The predicted octanol–water partition coefficient (Wildman–Crippen LogP) is 3.14. The number of nitrogens with one attached hydrogen (secondary N) is 1. The summed E-state index contributed by atoms with van der Waals surface area (Å²) in [4.78, 5) is 20.7. The Labute approximate surface area is 186 Å². The molecule has 0 aliphatic rings. The van der Waals surface area contributed by atoms with Crippen LogP contribution in [0.15, 0.2) is 52.1 Å². The van der Waals surface area contributed by atoms with Crippen LogP contribution in [0.1, 0.15) is 50.0 Å². The first-order valence-corrected chi connectivity index (χ1v) is 11.2. The number of rotatable bonds is 7. The lowest BCUT2D eigenvalue weighted by Gasteiger charge is -2.21. The molecule has 0 spiro atoms. The fourth-order valence-corrected chi connectivity index (χ4v) is 4.38. The first-order valence-electron chi connectivity index (χ1n) is 9.67. The van der Waals surface area contributed by atoms with Crippen molar-refractivity contribution in [1.82, 2.24) is 19.8 Å². The summed E-state index contributed by atoms with van der Waals surface area (Å²) in [6.07, 6.45) is 2.33. The summed E-state index contributed by atoms with van der Waals surface area (Å²) in [5, 5.41) is 3.87. The minimum absolute atomic E-state index is 0.0268. The number of hydrogen-bond donors (Lipinski definition) is 1. The number of nitrogens with zero attached hydrogens (tertiary/aromatic N) is 3. The second-order valence-electron chi connectivity index (χ2n) is 7.97. The van der Waals surface area contributed by atoms with Gasteiger partial charge in [0.1, 0.15) is 10.6 Å². The van der Waals surface area contributed by atoms with Gasteiger partial charge in [0, 0.05) is 23.5 Å². The number of benzene rings is 1. The Morgan fingerprint density at radius 2 is 1.97 bits per heavy atom. The molecule has 32 heavy (non-hydrogen) atoms. The minimum atomic E-state index is -3.95. The van der Waals surface area contributed by atoms with E-state index in [-0.39, 0.29) is 22.1 Å². The van der Waals surface area contributed by atoms with Crippen molar-refractivity contribution < 1.29 is 27.2 Å². The number of pyridine rings is 1. The fraction of sp³-hybridized carbons (Fsp3) is 0.333. The number of hydrogen-bond acceptors (Lipinski definition) is 9. The standard InChI is InChI=1S/C21H24N4O6S/c1-13(19-23-18(24-31-19)15-7-6-10-22-12-15)30-20(26)14-8-9-16(29-5)17(11-14)32(27,28)25-21(2,3)4/h6-13,25H,1-5H3. The monoisotopic (exact) mass is 460 g/mol. The van der Waals surface area contributed by atoms with Crippen LogP contribution < -0.4 is 9.46 Å². The average Bonchev–Trinajstić information content (AvgIpc) is 3.22. The number of aromatic nitrogens is 3. The van der Waals surface area contributed by atoms with Crippen LogP contribution in [0.5, 0.6) is 5.75 Å². The van der Waals surface area contributed by atoms with Gasteiger partial charge >= 0.3 is 5.97 Å². The van der Waals surface area contributed by atoms with Gasteiger partial charge in [-0.1, -0.05) is 5.16 Å².